The molecular formula is C14H26N2O3. The average Bonchev–Trinajstić information content (AvgIpc) is 2.81. The van der Waals surface area contributed by atoms with Crippen molar-refractivity contribution in [1.82, 2.24) is 10.2 Å². The van der Waals surface area contributed by atoms with Crippen LogP contribution in [0.1, 0.15) is 53.4 Å². The van der Waals surface area contributed by atoms with E-state index in [1.165, 1.54) is 0 Å². The second-order valence-corrected chi connectivity index (χ2v) is 5.82. The summed E-state index contributed by atoms with van der Waals surface area (Å²) >= 11 is 0. The molecule has 1 aliphatic rings. The topological polar surface area (TPSA) is 69.6 Å². The second kappa shape index (κ2) is 6.37. The number of carbonyl (C=O) groups excluding carboxylic acids is 1. The van der Waals surface area contributed by atoms with Gasteiger partial charge in [0, 0.05) is 6.04 Å². The Morgan fingerprint density at radius 2 is 1.89 bits per heavy atom. The molecule has 1 atom stereocenters. The number of rotatable bonds is 6. The molecule has 5 nitrogen and oxygen atoms in total. The van der Waals surface area contributed by atoms with Crippen molar-refractivity contribution in [3.63, 3.8) is 0 Å². The van der Waals surface area contributed by atoms with Gasteiger partial charge in [-0.2, -0.15) is 0 Å². The SMILES string of the molecule is CCN(C(C)C(=O)NC1CCCC1)C(C)(C)C(=O)O. The first-order valence-corrected chi connectivity index (χ1v) is 7.11. The highest BCUT2D eigenvalue weighted by atomic mass is 16.4. The lowest BCUT2D eigenvalue weighted by atomic mass is 10.00. The summed E-state index contributed by atoms with van der Waals surface area (Å²) in [5.74, 6) is -0.974. The monoisotopic (exact) mass is 270 g/mol. The molecule has 0 heterocycles. The summed E-state index contributed by atoms with van der Waals surface area (Å²) in [5, 5.41) is 12.3. The van der Waals surface area contributed by atoms with E-state index >= 15 is 0 Å². The highest BCUT2D eigenvalue weighted by Gasteiger charge is 2.39. The summed E-state index contributed by atoms with van der Waals surface area (Å²) in [6.07, 6.45) is 4.40. The zero-order valence-electron chi connectivity index (χ0n) is 12.4. The second-order valence-electron chi connectivity index (χ2n) is 5.82. The predicted molar refractivity (Wildman–Crippen MR) is 74.0 cm³/mol. The van der Waals surface area contributed by atoms with Crippen molar-refractivity contribution in [3.8, 4) is 0 Å². The molecule has 0 radical (unpaired) electrons. The zero-order chi connectivity index (χ0) is 14.6. The maximum Gasteiger partial charge on any atom is 0.323 e. The van der Waals surface area contributed by atoms with Gasteiger partial charge in [0.15, 0.2) is 0 Å². The first-order valence-electron chi connectivity index (χ1n) is 7.11. The Labute approximate surface area is 115 Å². The van der Waals surface area contributed by atoms with Gasteiger partial charge in [0.2, 0.25) is 5.91 Å². The molecule has 0 aromatic rings. The van der Waals surface area contributed by atoms with Gasteiger partial charge in [0.1, 0.15) is 5.54 Å². The maximum atomic E-state index is 12.2. The van der Waals surface area contributed by atoms with Crippen molar-refractivity contribution < 1.29 is 14.7 Å². The van der Waals surface area contributed by atoms with E-state index < -0.39 is 17.6 Å². The molecule has 0 aromatic carbocycles. The Morgan fingerprint density at radius 3 is 2.32 bits per heavy atom. The van der Waals surface area contributed by atoms with Gasteiger partial charge < -0.3 is 10.4 Å². The fraction of sp³-hybridized carbons (Fsp3) is 0.857. The Hall–Kier alpha value is -1.10. The summed E-state index contributed by atoms with van der Waals surface area (Å²) < 4.78 is 0. The Balaban J connectivity index is 2.69. The first kappa shape index (κ1) is 16.0. The van der Waals surface area contributed by atoms with Gasteiger partial charge in [-0.05, 0) is 40.2 Å². The van der Waals surface area contributed by atoms with Crippen LogP contribution in [-0.4, -0.2) is 46.1 Å². The molecule has 1 amide bonds. The number of hydrogen-bond donors (Lipinski definition) is 2. The van der Waals surface area contributed by atoms with Gasteiger partial charge in [0.25, 0.3) is 0 Å². The molecule has 0 aromatic heterocycles. The molecule has 2 N–H and O–H groups in total. The van der Waals surface area contributed by atoms with Crippen LogP contribution in [0.4, 0.5) is 0 Å². The lowest BCUT2D eigenvalue weighted by Crippen LogP contribution is -2.58. The average molecular weight is 270 g/mol. The summed E-state index contributed by atoms with van der Waals surface area (Å²) in [7, 11) is 0. The number of carboxylic acid groups (broad SMARTS) is 1. The van der Waals surface area contributed by atoms with E-state index in [0.717, 1.165) is 25.7 Å². The number of nitrogens with zero attached hydrogens (tertiary/aromatic N) is 1. The van der Waals surface area contributed by atoms with Crippen LogP contribution in [0.2, 0.25) is 0 Å². The molecule has 0 aliphatic heterocycles. The molecule has 1 unspecified atom stereocenters. The largest absolute Gasteiger partial charge is 0.480 e. The molecular weight excluding hydrogens is 244 g/mol. The van der Waals surface area contributed by atoms with Crippen LogP contribution in [0.5, 0.6) is 0 Å². The molecule has 110 valence electrons. The van der Waals surface area contributed by atoms with E-state index in [9.17, 15) is 14.7 Å². The number of aliphatic carboxylic acids is 1. The molecule has 1 rings (SSSR count). The summed E-state index contributed by atoms with van der Waals surface area (Å²) in [6.45, 7) is 7.46. The van der Waals surface area contributed by atoms with Crippen LogP contribution in [-0.2, 0) is 9.59 Å². The van der Waals surface area contributed by atoms with Crippen molar-refractivity contribution in [1.29, 1.82) is 0 Å². The van der Waals surface area contributed by atoms with Crippen molar-refractivity contribution in [2.24, 2.45) is 0 Å². The lowest BCUT2D eigenvalue weighted by Gasteiger charge is -2.38. The highest BCUT2D eigenvalue weighted by Crippen LogP contribution is 2.20. The van der Waals surface area contributed by atoms with Gasteiger partial charge in [-0.25, -0.2) is 0 Å². The van der Waals surface area contributed by atoms with Gasteiger partial charge in [-0.1, -0.05) is 19.8 Å². The standard InChI is InChI=1S/C14H26N2O3/c1-5-16(14(3,4)13(18)19)10(2)12(17)15-11-8-6-7-9-11/h10-11H,5-9H2,1-4H3,(H,15,17)(H,18,19). The molecule has 1 aliphatic carbocycles. The van der Waals surface area contributed by atoms with Crippen molar-refractivity contribution in [3.05, 3.63) is 0 Å². The van der Waals surface area contributed by atoms with Crippen LogP contribution < -0.4 is 5.32 Å². The van der Waals surface area contributed by atoms with Crippen molar-refractivity contribution >= 4 is 11.9 Å². The summed E-state index contributed by atoms with van der Waals surface area (Å²) in [5.41, 5.74) is -1.04. The number of nitrogens with one attached hydrogen (secondary N) is 1. The minimum absolute atomic E-state index is 0.0666. The molecule has 1 saturated carbocycles. The Morgan fingerprint density at radius 1 is 1.37 bits per heavy atom. The van der Waals surface area contributed by atoms with Crippen LogP contribution in [0.3, 0.4) is 0 Å². The normalized spacial score (nSPS) is 18.6. The molecule has 5 heteroatoms. The van der Waals surface area contributed by atoms with Crippen LogP contribution in [0, 0.1) is 0 Å². The van der Waals surface area contributed by atoms with E-state index in [0.29, 0.717) is 6.54 Å². The number of hydrogen-bond acceptors (Lipinski definition) is 3. The van der Waals surface area contributed by atoms with Crippen LogP contribution >= 0.6 is 0 Å². The van der Waals surface area contributed by atoms with Crippen LogP contribution in [0.25, 0.3) is 0 Å². The van der Waals surface area contributed by atoms with Gasteiger partial charge in [0.05, 0.1) is 6.04 Å². The van der Waals surface area contributed by atoms with Crippen molar-refractivity contribution in [2.75, 3.05) is 6.54 Å². The number of amides is 1. The Kier molecular flexibility index (Phi) is 5.35. The number of likely N-dealkylation sites (N-methyl/N-ethyl adjacent to an activating group) is 1. The molecule has 0 spiro atoms. The number of carboxylic acids is 1. The molecule has 19 heavy (non-hydrogen) atoms. The number of carbonyl (C=O) groups is 2. The van der Waals surface area contributed by atoms with Gasteiger partial charge in [-0.15, -0.1) is 0 Å². The highest BCUT2D eigenvalue weighted by molar-refractivity contribution is 5.84. The zero-order valence-corrected chi connectivity index (χ0v) is 12.4. The van der Waals surface area contributed by atoms with E-state index in [-0.39, 0.29) is 11.9 Å². The Bertz CT molecular complexity index is 336. The third-order valence-electron chi connectivity index (χ3n) is 4.13. The minimum atomic E-state index is -1.04. The quantitative estimate of drug-likeness (QED) is 0.769. The van der Waals surface area contributed by atoms with Gasteiger partial charge in [-0.3, -0.25) is 14.5 Å². The van der Waals surface area contributed by atoms with E-state index in [4.69, 9.17) is 0 Å². The third kappa shape index (κ3) is 3.69. The molecule has 1 fully saturated rings. The third-order valence-corrected chi connectivity index (χ3v) is 4.13. The maximum absolute atomic E-state index is 12.2. The fourth-order valence-corrected chi connectivity index (χ4v) is 2.81. The molecule has 0 saturated heterocycles. The minimum Gasteiger partial charge on any atom is -0.480 e. The van der Waals surface area contributed by atoms with Crippen LogP contribution in [0.15, 0.2) is 0 Å². The van der Waals surface area contributed by atoms with E-state index in [1.54, 1.807) is 25.7 Å². The molecule has 0 bridgehead atoms. The summed E-state index contributed by atoms with van der Waals surface area (Å²) in [6, 6.07) is -0.168. The fourth-order valence-electron chi connectivity index (χ4n) is 2.81. The van der Waals surface area contributed by atoms with E-state index in [2.05, 4.69) is 5.32 Å². The summed E-state index contributed by atoms with van der Waals surface area (Å²) in [4.78, 5) is 25.3. The lowest BCUT2D eigenvalue weighted by molar-refractivity contribution is -0.152. The van der Waals surface area contributed by atoms with Gasteiger partial charge >= 0.3 is 5.97 Å². The first-order chi connectivity index (χ1) is 8.80. The predicted octanol–water partition coefficient (Wildman–Crippen LogP) is 1.62. The smallest absolute Gasteiger partial charge is 0.323 e. The van der Waals surface area contributed by atoms with Crippen molar-refractivity contribution in [2.45, 2.75) is 71.0 Å². The van der Waals surface area contributed by atoms with E-state index in [1.807, 2.05) is 6.92 Å².